The molecular weight excluding hydrogens is 554 g/mol. The molecule has 3 fully saturated rings. The number of benzene rings is 1. The number of aryl methyl sites for hydroxylation is 1. The van der Waals surface area contributed by atoms with Crippen LogP contribution in [0.2, 0.25) is 0 Å². The zero-order valence-corrected chi connectivity index (χ0v) is 28.7. The third kappa shape index (κ3) is 4.77. The van der Waals surface area contributed by atoms with Gasteiger partial charge in [0.2, 0.25) is 5.70 Å². The van der Waals surface area contributed by atoms with E-state index >= 15 is 0 Å². The Kier molecular flexibility index (Phi) is 7.58. The SMILES string of the molecule is [C-]#[N+]C1=C[C@]2(C)C3=CC(=O)[C@@H]4[C@@H]5CC(C)(C)CC[C@]5(CCC(=O)CCc5ccccc5)CC[C@@]4(C)[C@]3(C)CC[C@H]2C(C)(C)C1=O. The molecule has 4 heteroatoms. The first-order chi connectivity index (χ1) is 21.0. The summed E-state index contributed by atoms with van der Waals surface area (Å²) < 4.78 is 0. The monoisotopic (exact) mass is 607 g/mol. The summed E-state index contributed by atoms with van der Waals surface area (Å²) in [4.78, 5) is 45.1. The highest BCUT2D eigenvalue weighted by molar-refractivity contribution is 6.03. The molecule has 5 aliphatic carbocycles. The third-order valence-corrected chi connectivity index (χ3v) is 14.5. The summed E-state index contributed by atoms with van der Waals surface area (Å²) >= 11 is 0. The number of carbonyl (C=O) groups is 3. The molecule has 45 heavy (non-hydrogen) atoms. The van der Waals surface area contributed by atoms with E-state index < -0.39 is 10.8 Å². The average Bonchev–Trinajstić information content (AvgIpc) is 2.99. The van der Waals surface area contributed by atoms with Gasteiger partial charge in [0.1, 0.15) is 5.78 Å². The number of carbonyl (C=O) groups excluding carboxylic acids is 3. The molecule has 3 saturated carbocycles. The lowest BCUT2D eigenvalue weighted by Crippen LogP contribution is -2.64. The van der Waals surface area contributed by atoms with Crippen LogP contribution in [0.5, 0.6) is 0 Å². The van der Waals surface area contributed by atoms with Gasteiger partial charge >= 0.3 is 0 Å². The van der Waals surface area contributed by atoms with Gasteiger partial charge in [-0.3, -0.25) is 9.59 Å². The van der Waals surface area contributed by atoms with Crippen LogP contribution in [0, 0.1) is 56.8 Å². The van der Waals surface area contributed by atoms with Crippen molar-refractivity contribution in [3.8, 4) is 0 Å². The van der Waals surface area contributed by atoms with Crippen LogP contribution < -0.4 is 0 Å². The Bertz CT molecular complexity index is 1520. The molecule has 0 amide bonds. The maximum atomic E-state index is 14.7. The first-order valence-corrected chi connectivity index (χ1v) is 17.5. The lowest BCUT2D eigenvalue weighted by molar-refractivity contribution is -0.172. The quantitative estimate of drug-likeness (QED) is 0.303. The summed E-state index contributed by atoms with van der Waals surface area (Å²) in [5.74, 6) is 0.794. The molecule has 0 aliphatic heterocycles. The largest absolute Gasteiger partial charge is 0.307 e. The summed E-state index contributed by atoms with van der Waals surface area (Å²) in [5.41, 5.74) is 1.25. The van der Waals surface area contributed by atoms with Crippen molar-refractivity contribution >= 4 is 17.3 Å². The molecule has 0 aromatic heterocycles. The lowest BCUT2D eigenvalue weighted by Gasteiger charge is -2.69. The molecule has 0 radical (unpaired) electrons. The minimum Gasteiger partial charge on any atom is -0.307 e. The Hall–Kier alpha value is -2.80. The van der Waals surface area contributed by atoms with Crippen LogP contribution in [0.4, 0.5) is 0 Å². The second-order valence-electron chi connectivity index (χ2n) is 17.6. The Morgan fingerprint density at radius 1 is 0.911 bits per heavy atom. The topological polar surface area (TPSA) is 55.6 Å². The van der Waals surface area contributed by atoms with Crippen LogP contribution >= 0.6 is 0 Å². The molecule has 4 nitrogen and oxygen atoms in total. The maximum absolute atomic E-state index is 14.7. The van der Waals surface area contributed by atoms with Crippen LogP contribution in [0.1, 0.15) is 118 Å². The van der Waals surface area contributed by atoms with E-state index in [1.165, 1.54) is 5.56 Å². The minimum atomic E-state index is -0.644. The zero-order chi connectivity index (χ0) is 32.6. The number of ketones is 3. The Morgan fingerprint density at radius 2 is 1.60 bits per heavy atom. The van der Waals surface area contributed by atoms with E-state index in [0.29, 0.717) is 18.6 Å². The zero-order valence-electron chi connectivity index (χ0n) is 28.7. The van der Waals surface area contributed by atoms with Crippen LogP contribution in [0.25, 0.3) is 4.85 Å². The van der Waals surface area contributed by atoms with Crippen molar-refractivity contribution in [2.75, 3.05) is 0 Å². The molecule has 0 bridgehead atoms. The smallest absolute Gasteiger partial charge is 0.226 e. The summed E-state index contributed by atoms with van der Waals surface area (Å²) in [6, 6.07) is 10.3. The molecule has 6 rings (SSSR count). The van der Waals surface area contributed by atoms with Crippen molar-refractivity contribution in [3.63, 3.8) is 0 Å². The van der Waals surface area contributed by atoms with Crippen molar-refractivity contribution in [1.82, 2.24) is 0 Å². The molecule has 0 heterocycles. The van der Waals surface area contributed by atoms with E-state index in [1.54, 1.807) is 0 Å². The number of hydrogen-bond acceptors (Lipinski definition) is 3. The normalized spacial score (nSPS) is 39.6. The van der Waals surface area contributed by atoms with Gasteiger partial charge in [0.15, 0.2) is 11.6 Å². The Balaban J connectivity index is 1.35. The van der Waals surface area contributed by atoms with E-state index in [0.717, 1.165) is 63.4 Å². The van der Waals surface area contributed by atoms with Gasteiger partial charge < -0.3 is 4.79 Å². The third-order valence-electron chi connectivity index (χ3n) is 14.5. The van der Waals surface area contributed by atoms with Gasteiger partial charge in [0.05, 0.1) is 6.57 Å². The molecule has 0 spiro atoms. The highest BCUT2D eigenvalue weighted by atomic mass is 16.1. The van der Waals surface area contributed by atoms with Crippen molar-refractivity contribution in [1.29, 1.82) is 0 Å². The second-order valence-corrected chi connectivity index (χ2v) is 17.6. The first-order valence-electron chi connectivity index (χ1n) is 17.5. The highest BCUT2D eigenvalue weighted by Crippen LogP contribution is 2.75. The molecule has 1 aromatic carbocycles. The number of hydrogen-bond donors (Lipinski definition) is 0. The van der Waals surface area contributed by atoms with Crippen molar-refractivity contribution in [2.45, 2.75) is 119 Å². The number of rotatable bonds is 6. The molecule has 1 aromatic rings. The van der Waals surface area contributed by atoms with E-state index in [-0.39, 0.29) is 56.7 Å². The van der Waals surface area contributed by atoms with Crippen LogP contribution in [0.15, 0.2) is 53.8 Å². The van der Waals surface area contributed by atoms with Gasteiger partial charge in [0.25, 0.3) is 0 Å². The van der Waals surface area contributed by atoms with Gasteiger partial charge in [-0.25, -0.2) is 4.85 Å². The Morgan fingerprint density at radius 3 is 2.29 bits per heavy atom. The molecule has 0 unspecified atom stereocenters. The summed E-state index contributed by atoms with van der Waals surface area (Å²) in [6.07, 6.45) is 14.0. The fourth-order valence-electron chi connectivity index (χ4n) is 11.6. The van der Waals surface area contributed by atoms with Crippen LogP contribution in [-0.4, -0.2) is 17.3 Å². The first kappa shape index (κ1) is 32.2. The predicted molar refractivity (Wildman–Crippen MR) is 179 cm³/mol. The van der Waals surface area contributed by atoms with Gasteiger partial charge in [0, 0.05) is 29.6 Å². The number of fused-ring (bicyclic) bond motifs is 7. The van der Waals surface area contributed by atoms with Crippen molar-refractivity contribution < 1.29 is 14.4 Å². The molecule has 0 N–H and O–H groups in total. The Labute approximate surface area is 271 Å². The molecular formula is C41H53NO3. The number of Topliss-reactive ketones (excluding diaryl/α,β-unsaturated/α-hetero) is 2. The lowest BCUT2D eigenvalue weighted by atomic mass is 9.34. The maximum Gasteiger partial charge on any atom is 0.226 e. The van der Waals surface area contributed by atoms with Gasteiger partial charge in [-0.05, 0) is 103 Å². The van der Waals surface area contributed by atoms with Gasteiger partial charge in [-0.1, -0.05) is 90.4 Å². The van der Waals surface area contributed by atoms with E-state index in [4.69, 9.17) is 6.57 Å². The second kappa shape index (κ2) is 10.6. The van der Waals surface area contributed by atoms with Crippen LogP contribution in [0.3, 0.4) is 0 Å². The van der Waals surface area contributed by atoms with Gasteiger partial charge in [-0.15, -0.1) is 0 Å². The predicted octanol–water partition coefficient (Wildman–Crippen LogP) is 9.54. The minimum absolute atomic E-state index is 0.0248. The summed E-state index contributed by atoms with van der Waals surface area (Å²) in [6.45, 7) is 23.6. The molecule has 5 aliphatic rings. The summed E-state index contributed by atoms with van der Waals surface area (Å²) in [7, 11) is 0. The summed E-state index contributed by atoms with van der Waals surface area (Å²) in [5, 5.41) is 0. The van der Waals surface area contributed by atoms with Crippen molar-refractivity contribution in [3.05, 3.63) is 70.7 Å². The standard InChI is InChI=1S/C41H53NO3/c1-36(2)20-22-41(19-16-28(43)15-14-27-12-10-9-11-13-27)23-21-40(7)34(29(41)25-36)31(44)24-33-38(5)26-30(42-8)35(45)37(3,4)32(38)17-18-39(33,40)6/h9-13,24,26,29,32,34H,14-23,25H2,1-7H3/t29-,32-,34-,38-,39+,40+,41+/m0/s1. The molecule has 7 atom stereocenters. The number of allylic oxidation sites excluding steroid dienone is 4. The highest BCUT2D eigenvalue weighted by Gasteiger charge is 2.69. The molecule has 240 valence electrons. The number of nitrogens with zero attached hydrogens (tertiary/aromatic N) is 1. The van der Waals surface area contributed by atoms with Gasteiger partial charge in [-0.2, -0.15) is 0 Å². The van der Waals surface area contributed by atoms with E-state index in [1.807, 2.05) is 44.2 Å². The van der Waals surface area contributed by atoms with Crippen molar-refractivity contribution in [2.24, 2.45) is 50.2 Å². The average molecular weight is 608 g/mol. The van der Waals surface area contributed by atoms with Crippen LogP contribution in [-0.2, 0) is 20.8 Å². The molecule has 0 saturated heterocycles. The van der Waals surface area contributed by atoms with E-state index in [9.17, 15) is 14.4 Å². The fraction of sp³-hybridized carbons (Fsp3) is 0.659. The fourth-order valence-corrected chi connectivity index (χ4v) is 11.6. The van der Waals surface area contributed by atoms with E-state index in [2.05, 4.69) is 51.6 Å².